The Kier molecular flexibility index (Phi) is 2.27. The van der Waals surface area contributed by atoms with Gasteiger partial charge in [0.05, 0.1) is 0 Å². The van der Waals surface area contributed by atoms with E-state index in [9.17, 15) is 8.90 Å². The number of hydrogen-bond acceptors (Lipinski definition) is 1. The normalized spacial score (nSPS) is 25.7. The van der Waals surface area contributed by atoms with E-state index in [1.54, 1.807) is 25.2 Å². The average Bonchev–Trinajstić information content (AvgIpc) is 1.86. The molecule has 0 aromatic carbocycles. The highest BCUT2D eigenvalue weighted by atomic mass is 28.4. The van der Waals surface area contributed by atoms with Crippen molar-refractivity contribution >= 4 is 14.2 Å². The van der Waals surface area contributed by atoms with E-state index >= 15 is 0 Å². The lowest BCUT2D eigenvalue weighted by Crippen LogP contribution is -2.29. The fourth-order valence-electron chi connectivity index (χ4n) is 1.28. The molecule has 0 aromatic heterocycles. The van der Waals surface area contributed by atoms with Crippen molar-refractivity contribution in [2.75, 3.05) is 0 Å². The van der Waals surface area contributed by atoms with Crippen molar-refractivity contribution in [2.45, 2.75) is 31.5 Å². The molecule has 0 saturated carbocycles. The number of carbonyl (C=O) groups excluding carboxylic acids is 1. The fourth-order valence-corrected chi connectivity index (χ4v) is 2.66. The number of ketones is 1. The number of carbonyl (C=O) groups is 1. The summed E-state index contributed by atoms with van der Waals surface area (Å²) in [5.41, 5.74) is 0.0139. The Hall–Kier alpha value is -0.443. The van der Waals surface area contributed by atoms with E-state index in [4.69, 9.17) is 0 Å². The van der Waals surface area contributed by atoms with Crippen molar-refractivity contribution in [3.63, 3.8) is 0 Å². The second-order valence-electron chi connectivity index (χ2n) is 3.57. The van der Waals surface area contributed by atoms with Crippen LogP contribution >= 0.6 is 0 Å². The van der Waals surface area contributed by atoms with Gasteiger partial charge in [-0.25, -0.2) is 0 Å². The van der Waals surface area contributed by atoms with E-state index in [-0.39, 0.29) is 11.3 Å². The highest BCUT2D eigenvalue weighted by Gasteiger charge is 2.34. The maximum absolute atomic E-state index is 13.4. The molecule has 0 fully saturated rings. The molecular weight excluding hydrogens is 159 g/mol. The largest absolute Gasteiger partial charge is 0.314 e. The Morgan fingerprint density at radius 1 is 1.64 bits per heavy atom. The van der Waals surface area contributed by atoms with E-state index in [1.807, 2.05) is 0 Å². The predicted octanol–water partition coefficient (Wildman–Crippen LogP) is 2.45. The van der Waals surface area contributed by atoms with E-state index in [0.29, 0.717) is 6.42 Å². The topological polar surface area (TPSA) is 17.1 Å². The molecule has 0 bridgehead atoms. The number of halogens is 1. The molecule has 11 heavy (non-hydrogen) atoms. The van der Waals surface area contributed by atoms with Crippen LogP contribution in [-0.2, 0) is 4.79 Å². The van der Waals surface area contributed by atoms with Crippen molar-refractivity contribution in [1.29, 1.82) is 0 Å². The molecule has 3 heteroatoms. The zero-order valence-electron chi connectivity index (χ0n) is 6.93. The minimum Gasteiger partial charge on any atom is -0.314 e. The van der Waals surface area contributed by atoms with Gasteiger partial charge in [-0.05, 0) is 31.1 Å². The van der Waals surface area contributed by atoms with Gasteiger partial charge in [-0.15, -0.1) is 0 Å². The SMILES string of the molecule is C[Si](C)(F)C1CC=CC(=O)C1. The summed E-state index contributed by atoms with van der Waals surface area (Å²) in [6, 6.07) is 0. The van der Waals surface area contributed by atoms with Gasteiger partial charge in [-0.3, -0.25) is 4.79 Å². The molecule has 0 N–H and O–H groups in total. The summed E-state index contributed by atoms with van der Waals surface area (Å²) in [6.07, 6.45) is 4.54. The Morgan fingerprint density at radius 3 is 2.64 bits per heavy atom. The van der Waals surface area contributed by atoms with Gasteiger partial charge in [-0.2, -0.15) is 0 Å². The van der Waals surface area contributed by atoms with Crippen molar-refractivity contribution in [3.8, 4) is 0 Å². The van der Waals surface area contributed by atoms with E-state index in [1.165, 1.54) is 0 Å². The molecule has 1 unspecified atom stereocenters. The van der Waals surface area contributed by atoms with Crippen LogP contribution in [0.5, 0.6) is 0 Å². The van der Waals surface area contributed by atoms with E-state index in [2.05, 4.69) is 0 Å². The Morgan fingerprint density at radius 2 is 2.27 bits per heavy atom. The molecule has 0 saturated heterocycles. The van der Waals surface area contributed by atoms with E-state index in [0.717, 1.165) is 6.42 Å². The van der Waals surface area contributed by atoms with Crippen molar-refractivity contribution in [3.05, 3.63) is 12.2 Å². The standard InChI is InChI=1S/C8H13FOSi/c1-11(2,9)8-5-3-4-7(10)6-8/h3-4,8H,5-6H2,1-2H3. The summed E-state index contributed by atoms with van der Waals surface area (Å²) in [7, 11) is -2.57. The van der Waals surface area contributed by atoms with Crippen LogP contribution in [-0.4, -0.2) is 14.2 Å². The first kappa shape index (κ1) is 8.65. The molecule has 1 aliphatic carbocycles. The third-order valence-corrected chi connectivity index (χ3v) is 4.52. The molecule has 1 rings (SSSR count). The molecule has 0 amide bonds. The molecular formula is C8H13FOSi. The van der Waals surface area contributed by atoms with Crippen LogP contribution in [0, 0.1) is 0 Å². The van der Waals surface area contributed by atoms with Gasteiger partial charge in [-0.1, -0.05) is 6.08 Å². The van der Waals surface area contributed by atoms with E-state index < -0.39 is 8.41 Å². The minimum absolute atomic E-state index is 0.0139. The van der Waals surface area contributed by atoms with Crippen LogP contribution in [0.2, 0.25) is 18.6 Å². The number of hydrogen-bond donors (Lipinski definition) is 0. The van der Waals surface area contributed by atoms with Gasteiger partial charge < -0.3 is 4.11 Å². The fraction of sp³-hybridized carbons (Fsp3) is 0.625. The highest BCUT2D eigenvalue weighted by molar-refractivity contribution is 6.72. The van der Waals surface area contributed by atoms with Gasteiger partial charge in [0.15, 0.2) is 5.78 Å². The molecule has 0 spiro atoms. The second kappa shape index (κ2) is 2.89. The summed E-state index contributed by atoms with van der Waals surface area (Å²) < 4.78 is 13.4. The van der Waals surface area contributed by atoms with Gasteiger partial charge >= 0.3 is 0 Å². The molecule has 0 aliphatic heterocycles. The average molecular weight is 172 g/mol. The van der Waals surface area contributed by atoms with Gasteiger partial charge in [0.25, 0.3) is 0 Å². The summed E-state index contributed by atoms with van der Waals surface area (Å²) in [4.78, 5) is 10.9. The summed E-state index contributed by atoms with van der Waals surface area (Å²) in [5, 5.41) is 0. The maximum atomic E-state index is 13.4. The Bertz CT molecular complexity index is 193. The lowest BCUT2D eigenvalue weighted by Gasteiger charge is -2.24. The minimum atomic E-state index is -2.57. The molecule has 0 radical (unpaired) electrons. The zero-order valence-corrected chi connectivity index (χ0v) is 7.93. The highest BCUT2D eigenvalue weighted by Crippen LogP contribution is 2.33. The third-order valence-electron chi connectivity index (χ3n) is 2.14. The van der Waals surface area contributed by atoms with Crippen molar-refractivity contribution in [2.24, 2.45) is 0 Å². The Balaban J connectivity index is 2.64. The van der Waals surface area contributed by atoms with Gasteiger partial charge in [0, 0.05) is 6.42 Å². The van der Waals surface area contributed by atoms with Crippen LogP contribution in [0.4, 0.5) is 4.11 Å². The molecule has 0 aromatic rings. The summed E-state index contributed by atoms with van der Waals surface area (Å²) in [6.45, 7) is 3.34. The van der Waals surface area contributed by atoms with Crippen LogP contribution in [0.15, 0.2) is 12.2 Å². The first-order valence-corrected chi connectivity index (χ1v) is 6.84. The lowest BCUT2D eigenvalue weighted by molar-refractivity contribution is -0.115. The summed E-state index contributed by atoms with van der Waals surface area (Å²) >= 11 is 0. The first-order valence-electron chi connectivity index (χ1n) is 3.88. The smallest absolute Gasteiger partial charge is 0.244 e. The molecule has 1 aliphatic rings. The van der Waals surface area contributed by atoms with Crippen LogP contribution in [0.25, 0.3) is 0 Å². The van der Waals surface area contributed by atoms with Gasteiger partial charge in [0.1, 0.15) is 0 Å². The van der Waals surface area contributed by atoms with Gasteiger partial charge in [0.2, 0.25) is 8.41 Å². The third kappa shape index (κ3) is 2.26. The quantitative estimate of drug-likeness (QED) is 0.438. The molecule has 62 valence electrons. The monoisotopic (exact) mass is 172 g/mol. The summed E-state index contributed by atoms with van der Waals surface area (Å²) in [5.74, 6) is 0.0828. The van der Waals surface area contributed by atoms with Crippen LogP contribution in [0.1, 0.15) is 12.8 Å². The van der Waals surface area contributed by atoms with Crippen LogP contribution in [0.3, 0.4) is 0 Å². The first-order chi connectivity index (χ1) is 5.00. The zero-order chi connectivity index (χ0) is 8.48. The lowest BCUT2D eigenvalue weighted by atomic mass is 10.1. The molecule has 1 atom stereocenters. The maximum Gasteiger partial charge on any atom is 0.244 e. The predicted molar refractivity (Wildman–Crippen MR) is 45.7 cm³/mol. The van der Waals surface area contributed by atoms with Crippen molar-refractivity contribution < 1.29 is 8.90 Å². The molecule has 1 nitrogen and oxygen atoms in total. The van der Waals surface area contributed by atoms with Crippen LogP contribution < -0.4 is 0 Å². The molecule has 0 heterocycles. The number of rotatable bonds is 1. The van der Waals surface area contributed by atoms with Crippen molar-refractivity contribution in [1.82, 2.24) is 0 Å². The number of allylic oxidation sites excluding steroid dienone is 2. The Labute approximate surface area is 67.5 Å². The second-order valence-corrected chi connectivity index (χ2v) is 7.52.